The Bertz CT molecular complexity index is 1100. The molecule has 28 heavy (non-hydrogen) atoms. The molecule has 0 saturated heterocycles. The van der Waals surface area contributed by atoms with E-state index in [2.05, 4.69) is 17.3 Å². The molecule has 0 aliphatic carbocycles. The van der Waals surface area contributed by atoms with Gasteiger partial charge in [-0.3, -0.25) is 9.59 Å². The topological polar surface area (TPSA) is 87.8 Å². The number of carbonyl (C=O) groups excluding carboxylic acids is 1. The number of amides is 1. The molecule has 0 atom stereocenters. The standard InChI is InChI=1S/C22H22N4O2/c1-2-3-4-7-13-26-22(28)19-12-6-5-11-18(19)20(25-26)21(27)24-17-10-8-9-16(14-17)15-23/h5-6,8-12,14H,2-4,7,13H2,1H3,(H,24,27). The number of aromatic nitrogens is 2. The number of carbonyl (C=O) groups is 1. The second-order valence-electron chi connectivity index (χ2n) is 6.63. The minimum atomic E-state index is -0.409. The molecule has 3 aromatic rings. The fraction of sp³-hybridized carbons (Fsp3) is 0.273. The van der Waals surface area contributed by atoms with Crippen LogP contribution in [0.3, 0.4) is 0 Å². The van der Waals surface area contributed by atoms with Crippen LogP contribution in [0, 0.1) is 11.3 Å². The normalized spacial score (nSPS) is 10.6. The summed E-state index contributed by atoms with van der Waals surface area (Å²) in [5, 5.41) is 17.2. The molecule has 1 amide bonds. The third-order valence-electron chi connectivity index (χ3n) is 4.56. The van der Waals surface area contributed by atoms with Gasteiger partial charge in [0.05, 0.1) is 17.0 Å². The van der Waals surface area contributed by atoms with Gasteiger partial charge in [0, 0.05) is 17.6 Å². The monoisotopic (exact) mass is 374 g/mol. The van der Waals surface area contributed by atoms with Gasteiger partial charge in [-0.25, -0.2) is 4.68 Å². The lowest BCUT2D eigenvalue weighted by Crippen LogP contribution is -2.27. The van der Waals surface area contributed by atoms with Gasteiger partial charge in [0.2, 0.25) is 0 Å². The zero-order chi connectivity index (χ0) is 19.9. The van der Waals surface area contributed by atoms with Gasteiger partial charge >= 0.3 is 0 Å². The fourth-order valence-electron chi connectivity index (χ4n) is 3.10. The van der Waals surface area contributed by atoms with Crippen LogP contribution in [0.2, 0.25) is 0 Å². The van der Waals surface area contributed by atoms with E-state index in [-0.39, 0.29) is 11.3 Å². The Morgan fingerprint density at radius 3 is 2.64 bits per heavy atom. The number of aryl methyl sites for hydroxylation is 1. The van der Waals surface area contributed by atoms with Crippen molar-refractivity contribution in [3.63, 3.8) is 0 Å². The second kappa shape index (κ2) is 8.96. The van der Waals surface area contributed by atoms with Crippen molar-refractivity contribution in [1.82, 2.24) is 9.78 Å². The van der Waals surface area contributed by atoms with Crippen molar-refractivity contribution in [1.29, 1.82) is 5.26 Å². The number of benzene rings is 2. The molecule has 6 heteroatoms. The maximum absolute atomic E-state index is 12.9. The van der Waals surface area contributed by atoms with Crippen LogP contribution in [-0.2, 0) is 6.54 Å². The van der Waals surface area contributed by atoms with Crippen LogP contribution < -0.4 is 10.9 Å². The Hall–Kier alpha value is -3.46. The molecule has 0 aliphatic rings. The first-order valence-corrected chi connectivity index (χ1v) is 9.45. The zero-order valence-electron chi connectivity index (χ0n) is 15.8. The average molecular weight is 374 g/mol. The molecule has 1 heterocycles. The van der Waals surface area contributed by atoms with Crippen molar-refractivity contribution >= 4 is 22.4 Å². The van der Waals surface area contributed by atoms with E-state index in [4.69, 9.17) is 5.26 Å². The first-order valence-electron chi connectivity index (χ1n) is 9.45. The summed E-state index contributed by atoms with van der Waals surface area (Å²) < 4.78 is 1.39. The van der Waals surface area contributed by atoms with Crippen LogP contribution in [0.1, 0.15) is 48.7 Å². The van der Waals surface area contributed by atoms with Gasteiger partial charge in [-0.15, -0.1) is 0 Å². The number of rotatable bonds is 7. The highest BCUT2D eigenvalue weighted by atomic mass is 16.2. The quantitative estimate of drug-likeness (QED) is 0.631. The predicted octanol–water partition coefficient (Wildman–Crippen LogP) is 4.10. The van der Waals surface area contributed by atoms with E-state index in [0.29, 0.717) is 28.6 Å². The lowest BCUT2D eigenvalue weighted by atomic mass is 10.1. The molecule has 3 rings (SSSR count). The Morgan fingerprint density at radius 1 is 1.11 bits per heavy atom. The van der Waals surface area contributed by atoms with Crippen LogP contribution in [0.25, 0.3) is 10.8 Å². The largest absolute Gasteiger partial charge is 0.321 e. The minimum Gasteiger partial charge on any atom is -0.321 e. The van der Waals surface area contributed by atoms with Crippen molar-refractivity contribution < 1.29 is 4.79 Å². The lowest BCUT2D eigenvalue weighted by molar-refractivity contribution is 0.102. The Kier molecular flexibility index (Phi) is 6.18. The minimum absolute atomic E-state index is 0.185. The summed E-state index contributed by atoms with van der Waals surface area (Å²) in [6, 6.07) is 15.7. The maximum Gasteiger partial charge on any atom is 0.276 e. The van der Waals surface area contributed by atoms with Crippen molar-refractivity contribution in [2.45, 2.75) is 39.2 Å². The van der Waals surface area contributed by atoms with Gasteiger partial charge in [0.25, 0.3) is 11.5 Å². The molecule has 1 N–H and O–H groups in total. The van der Waals surface area contributed by atoms with E-state index in [0.717, 1.165) is 25.7 Å². The fourth-order valence-corrected chi connectivity index (χ4v) is 3.10. The number of fused-ring (bicyclic) bond motifs is 1. The van der Waals surface area contributed by atoms with Gasteiger partial charge in [-0.2, -0.15) is 10.4 Å². The van der Waals surface area contributed by atoms with Crippen LogP contribution in [-0.4, -0.2) is 15.7 Å². The molecule has 2 aromatic carbocycles. The number of nitrogens with one attached hydrogen (secondary N) is 1. The van der Waals surface area contributed by atoms with Gasteiger partial charge in [0.1, 0.15) is 0 Å². The molecule has 1 aromatic heterocycles. The summed E-state index contributed by atoms with van der Waals surface area (Å²) in [5.74, 6) is -0.409. The van der Waals surface area contributed by atoms with Crippen LogP contribution >= 0.6 is 0 Å². The SMILES string of the molecule is CCCCCCn1nc(C(=O)Nc2cccc(C#N)c2)c2ccccc2c1=O. The highest BCUT2D eigenvalue weighted by Gasteiger charge is 2.17. The lowest BCUT2D eigenvalue weighted by Gasteiger charge is -2.11. The molecular weight excluding hydrogens is 352 g/mol. The smallest absolute Gasteiger partial charge is 0.276 e. The molecule has 142 valence electrons. The first kappa shape index (κ1) is 19.3. The molecule has 0 unspecified atom stereocenters. The molecule has 0 fully saturated rings. The molecular formula is C22H22N4O2. The molecule has 0 bridgehead atoms. The Labute approximate surface area is 163 Å². The highest BCUT2D eigenvalue weighted by molar-refractivity contribution is 6.11. The summed E-state index contributed by atoms with van der Waals surface area (Å²) in [5.41, 5.74) is 0.982. The molecule has 0 spiro atoms. The van der Waals surface area contributed by atoms with Crippen LogP contribution in [0.15, 0.2) is 53.3 Å². The van der Waals surface area contributed by atoms with Gasteiger partial charge in [-0.1, -0.05) is 50.5 Å². The third kappa shape index (κ3) is 4.26. The molecule has 0 aliphatic heterocycles. The first-order chi connectivity index (χ1) is 13.6. The highest BCUT2D eigenvalue weighted by Crippen LogP contribution is 2.17. The number of unbranched alkanes of at least 4 members (excludes halogenated alkanes) is 3. The van der Waals surface area contributed by atoms with E-state index in [1.807, 2.05) is 6.07 Å². The summed E-state index contributed by atoms with van der Waals surface area (Å²) in [6.07, 6.45) is 4.06. The number of anilines is 1. The number of hydrogen-bond acceptors (Lipinski definition) is 4. The van der Waals surface area contributed by atoms with Crippen LogP contribution in [0.5, 0.6) is 0 Å². The van der Waals surface area contributed by atoms with Gasteiger partial charge in [0.15, 0.2) is 5.69 Å². The van der Waals surface area contributed by atoms with E-state index in [1.54, 1.807) is 48.5 Å². The second-order valence-corrected chi connectivity index (χ2v) is 6.63. The zero-order valence-corrected chi connectivity index (χ0v) is 15.8. The number of nitrogens with zero attached hydrogens (tertiary/aromatic N) is 3. The number of nitriles is 1. The predicted molar refractivity (Wildman–Crippen MR) is 109 cm³/mol. The Balaban J connectivity index is 1.96. The van der Waals surface area contributed by atoms with Gasteiger partial charge in [-0.05, 0) is 30.7 Å². The average Bonchev–Trinajstić information content (AvgIpc) is 2.72. The van der Waals surface area contributed by atoms with E-state index in [1.165, 1.54) is 4.68 Å². The maximum atomic E-state index is 12.9. The summed E-state index contributed by atoms with van der Waals surface area (Å²) in [7, 11) is 0. The van der Waals surface area contributed by atoms with Crippen molar-refractivity contribution in [3.05, 3.63) is 70.1 Å². The van der Waals surface area contributed by atoms with Crippen molar-refractivity contribution in [2.24, 2.45) is 0 Å². The Morgan fingerprint density at radius 2 is 1.89 bits per heavy atom. The molecule has 0 saturated carbocycles. The van der Waals surface area contributed by atoms with E-state index in [9.17, 15) is 9.59 Å². The van der Waals surface area contributed by atoms with E-state index >= 15 is 0 Å². The van der Waals surface area contributed by atoms with Crippen molar-refractivity contribution in [2.75, 3.05) is 5.32 Å². The van der Waals surface area contributed by atoms with Crippen LogP contribution in [0.4, 0.5) is 5.69 Å². The van der Waals surface area contributed by atoms with Crippen molar-refractivity contribution in [3.8, 4) is 6.07 Å². The molecule has 0 radical (unpaired) electrons. The number of hydrogen-bond donors (Lipinski definition) is 1. The summed E-state index contributed by atoms with van der Waals surface area (Å²) in [4.78, 5) is 25.6. The van der Waals surface area contributed by atoms with Gasteiger partial charge < -0.3 is 5.32 Å². The third-order valence-corrected chi connectivity index (χ3v) is 4.56. The molecule has 6 nitrogen and oxygen atoms in total. The summed E-state index contributed by atoms with van der Waals surface area (Å²) >= 11 is 0. The summed E-state index contributed by atoms with van der Waals surface area (Å²) in [6.45, 7) is 2.61. The van der Waals surface area contributed by atoms with E-state index < -0.39 is 5.91 Å².